The average Bonchev–Trinajstić information content (AvgIpc) is 2.74. The molecular weight excluding hydrogens is 318 g/mol. The number of hydrogen-bond donors (Lipinski definition) is 1. The zero-order valence-corrected chi connectivity index (χ0v) is 14.8. The van der Waals surface area contributed by atoms with Gasteiger partial charge in [-0.2, -0.15) is 0 Å². The van der Waals surface area contributed by atoms with Crippen LogP contribution in [-0.4, -0.2) is 36.1 Å². The van der Waals surface area contributed by atoms with Gasteiger partial charge in [0.25, 0.3) is 0 Å². The molecular formula is C16H24ClN3OS. The number of hydrogen-bond acceptors (Lipinski definition) is 4. The topological polar surface area (TPSA) is 37.3 Å². The van der Waals surface area contributed by atoms with E-state index in [1.165, 1.54) is 42.8 Å². The number of aromatic nitrogens is 1. The number of halogens is 1. The van der Waals surface area contributed by atoms with Gasteiger partial charge in [0.2, 0.25) is 0 Å². The number of piperidine rings is 1. The largest absolute Gasteiger partial charge is 0.319 e. The highest BCUT2D eigenvalue weighted by molar-refractivity contribution is 7.16. The van der Waals surface area contributed by atoms with Crippen molar-refractivity contribution in [3.8, 4) is 0 Å². The van der Waals surface area contributed by atoms with Gasteiger partial charge in [-0.3, -0.25) is 9.69 Å². The average molecular weight is 342 g/mol. The lowest BCUT2D eigenvalue weighted by atomic mass is 9.97. The van der Waals surface area contributed by atoms with Crippen LogP contribution in [0.1, 0.15) is 18.4 Å². The summed E-state index contributed by atoms with van der Waals surface area (Å²) in [5.74, 6) is 0.764. The van der Waals surface area contributed by atoms with Gasteiger partial charge in [-0.1, -0.05) is 17.4 Å². The van der Waals surface area contributed by atoms with E-state index in [0.29, 0.717) is 0 Å². The minimum Gasteiger partial charge on any atom is -0.319 e. The Balaban J connectivity index is 0.00000176. The predicted octanol–water partition coefficient (Wildman–Crippen LogP) is 2.45. The number of aryl methyl sites for hydroxylation is 1. The fourth-order valence-electron chi connectivity index (χ4n) is 3.28. The lowest BCUT2D eigenvalue weighted by Gasteiger charge is -2.32. The van der Waals surface area contributed by atoms with Crippen molar-refractivity contribution in [2.75, 3.05) is 26.7 Å². The first-order valence-electron chi connectivity index (χ1n) is 7.63. The summed E-state index contributed by atoms with van der Waals surface area (Å²) in [4.78, 5) is 14.4. The van der Waals surface area contributed by atoms with Crippen LogP contribution in [0, 0.1) is 5.92 Å². The zero-order valence-electron chi connectivity index (χ0n) is 13.2. The van der Waals surface area contributed by atoms with Crippen molar-refractivity contribution in [1.82, 2.24) is 14.8 Å². The van der Waals surface area contributed by atoms with Crippen LogP contribution < -0.4 is 10.2 Å². The van der Waals surface area contributed by atoms with Crippen LogP contribution in [0.25, 0.3) is 10.2 Å². The highest BCUT2D eigenvalue weighted by Crippen LogP contribution is 2.22. The Hall–Kier alpha value is -0.880. The molecule has 3 rings (SSSR count). The van der Waals surface area contributed by atoms with Crippen molar-refractivity contribution in [3.05, 3.63) is 33.4 Å². The Labute approximate surface area is 141 Å². The van der Waals surface area contributed by atoms with E-state index in [1.54, 1.807) is 4.57 Å². The zero-order chi connectivity index (χ0) is 14.8. The number of nitrogens with one attached hydrogen (secondary N) is 1. The molecule has 1 aliphatic heterocycles. The van der Waals surface area contributed by atoms with Gasteiger partial charge in [-0.25, -0.2) is 0 Å². The van der Waals surface area contributed by atoms with Crippen molar-refractivity contribution in [3.63, 3.8) is 0 Å². The molecule has 1 aromatic carbocycles. The normalized spacial score (nSPS) is 19.3. The maximum atomic E-state index is 11.7. The van der Waals surface area contributed by atoms with E-state index in [2.05, 4.69) is 28.4 Å². The van der Waals surface area contributed by atoms with Crippen molar-refractivity contribution in [1.29, 1.82) is 0 Å². The van der Waals surface area contributed by atoms with E-state index in [-0.39, 0.29) is 17.3 Å². The summed E-state index contributed by atoms with van der Waals surface area (Å²) in [6, 6.07) is 6.43. The monoisotopic (exact) mass is 341 g/mol. The number of rotatable bonds is 4. The Morgan fingerprint density at radius 3 is 3.00 bits per heavy atom. The van der Waals surface area contributed by atoms with Crippen LogP contribution in [0.15, 0.2) is 23.0 Å². The summed E-state index contributed by atoms with van der Waals surface area (Å²) in [6.45, 7) is 4.45. The molecule has 1 N–H and O–H groups in total. The fraction of sp³-hybridized carbons (Fsp3) is 0.562. The molecule has 22 heavy (non-hydrogen) atoms. The van der Waals surface area contributed by atoms with Crippen LogP contribution in [-0.2, 0) is 13.6 Å². The molecule has 0 aliphatic carbocycles. The molecule has 2 heterocycles. The van der Waals surface area contributed by atoms with Crippen LogP contribution in [0.3, 0.4) is 0 Å². The van der Waals surface area contributed by atoms with Crippen LogP contribution >= 0.6 is 23.7 Å². The third-order valence-corrected chi connectivity index (χ3v) is 5.35. The Morgan fingerprint density at radius 1 is 1.41 bits per heavy atom. The summed E-state index contributed by atoms with van der Waals surface area (Å²) in [7, 11) is 3.87. The summed E-state index contributed by atoms with van der Waals surface area (Å²) >= 11 is 1.34. The van der Waals surface area contributed by atoms with Crippen LogP contribution in [0.5, 0.6) is 0 Å². The van der Waals surface area contributed by atoms with Crippen molar-refractivity contribution in [2.45, 2.75) is 19.4 Å². The molecule has 6 heteroatoms. The first kappa shape index (κ1) is 17.5. The molecule has 0 spiro atoms. The quantitative estimate of drug-likeness (QED) is 0.928. The van der Waals surface area contributed by atoms with Crippen LogP contribution in [0.2, 0.25) is 0 Å². The van der Waals surface area contributed by atoms with E-state index in [4.69, 9.17) is 0 Å². The van der Waals surface area contributed by atoms with Gasteiger partial charge in [0.1, 0.15) is 0 Å². The van der Waals surface area contributed by atoms with E-state index in [1.807, 2.05) is 14.1 Å². The summed E-state index contributed by atoms with van der Waals surface area (Å²) in [5, 5.41) is 3.29. The third-order valence-electron chi connectivity index (χ3n) is 4.36. The Bertz CT molecular complexity index is 680. The first-order chi connectivity index (χ1) is 10.2. The molecule has 0 amide bonds. The lowest BCUT2D eigenvalue weighted by molar-refractivity contribution is 0.167. The standard InChI is InChI=1S/C16H23N3OS.ClH/c1-17-9-13-4-3-7-19(11-13)10-12-5-6-14-15(8-12)21-16(20)18(14)2;/h5-6,8,13,17H,3-4,7,9-11H2,1-2H3;1H. The van der Waals surface area contributed by atoms with Gasteiger partial charge >= 0.3 is 4.87 Å². The molecule has 1 aromatic heterocycles. The van der Waals surface area contributed by atoms with Gasteiger partial charge < -0.3 is 9.88 Å². The molecule has 1 unspecified atom stereocenters. The molecule has 1 aliphatic rings. The molecule has 0 bridgehead atoms. The molecule has 1 atom stereocenters. The van der Waals surface area contributed by atoms with Gasteiger partial charge in [-0.15, -0.1) is 12.4 Å². The second kappa shape index (κ2) is 7.59. The number of nitrogens with zero attached hydrogens (tertiary/aromatic N) is 2. The highest BCUT2D eigenvalue weighted by atomic mass is 35.5. The minimum absolute atomic E-state index is 0. The fourth-order valence-corrected chi connectivity index (χ4v) is 4.23. The summed E-state index contributed by atoms with van der Waals surface area (Å²) in [5.41, 5.74) is 2.36. The van der Waals surface area contributed by atoms with E-state index in [9.17, 15) is 4.79 Å². The number of likely N-dealkylation sites (tertiary alicyclic amines) is 1. The Morgan fingerprint density at radius 2 is 2.23 bits per heavy atom. The van der Waals surface area contributed by atoms with Gasteiger partial charge in [0.05, 0.1) is 10.2 Å². The van der Waals surface area contributed by atoms with Gasteiger partial charge in [0, 0.05) is 20.1 Å². The van der Waals surface area contributed by atoms with E-state index < -0.39 is 0 Å². The smallest absolute Gasteiger partial charge is 0.307 e. The third kappa shape index (κ3) is 3.71. The lowest BCUT2D eigenvalue weighted by Crippen LogP contribution is -2.38. The summed E-state index contributed by atoms with van der Waals surface area (Å²) < 4.78 is 2.83. The molecule has 4 nitrogen and oxygen atoms in total. The molecule has 2 aromatic rings. The van der Waals surface area contributed by atoms with E-state index in [0.717, 1.165) is 29.2 Å². The molecule has 122 valence electrons. The van der Waals surface area contributed by atoms with E-state index >= 15 is 0 Å². The first-order valence-corrected chi connectivity index (χ1v) is 8.44. The Kier molecular flexibility index (Phi) is 6.03. The molecule has 0 saturated carbocycles. The van der Waals surface area contributed by atoms with Crippen molar-refractivity contribution in [2.24, 2.45) is 13.0 Å². The highest BCUT2D eigenvalue weighted by Gasteiger charge is 2.19. The number of benzene rings is 1. The second-order valence-electron chi connectivity index (χ2n) is 6.03. The maximum absolute atomic E-state index is 11.7. The maximum Gasteiger partial charge on any atom is 0.307 e. The molecule has 1 fully saturated rings. The number of fused-ring (bicyclic) bond motifs is 1. The SMILES string of the molecule is CNCC1CCCN(Cc2ccc3c(c2)sc(=O)n3C)C1.Cl. The van der Waals surface area contributed by atoms with Crippen molar-refractivity contribution < 1.29 is 0 Å². The molecule has 0 radical (unpaired) electrons. The van der Waals surface area contributed by atoms with Crippen LogP contribution in [0.4, 0.5) is 0 Å². The molecule has 1 saturated heterocycles. The van der Waals surface area contributed by atoms with Gasteiger partial charge in [0.15, 0.2) is 0 Å². The summed E-state index contributed by atoms with van der Waals surface area (Å²) in [6.07, 6.45) is 2.62. The second-order valence-corrected chi connectivity index (χ2v) is 7.02. The van der Waals surface area contributed by atoms with Gasteiger partial charge in [-0.05, 0) is 56.6 Å². The van der Waals surface area contributed by atoms with Crippen molar-refractivity contribution >= 4 is 34.0 Å². The number of thiazole rings is 1. The minimum atomic E-state index is 0. The predicted molar refractivity (Wildman–Crippen MR) is 96.2 cm³/mol.